The first-order valence-corrected chi connectivity index (χ1v) is 6.28. The fourth-order valence-corrected chi connectivity index (χ4v) is 2.01. The van der Waals surface area contributed by atoms with Gasteiger partial charge in [-0.25, -0.2) is 0 Å². The maximum atomic E-state index is 5.79. The van der Waals surface area contributed by atoms with Crippen LogP contribution in [0.3, 0.4) is 0 Å². The van der Waals surface area contributed by atoms with E-state index >= 15 is 0 Å². The van der Waals surface area contributed by atoms with E-state index in [0.29, 0.717) is 0 Å². The van der Waals surface area contributed by atoms with Crippen LogP contribution in [0.1, 0.15) is 19.0 Å². The van der Waals surface area contributed by atoms with E-state index in [2.05, 4.69) is 27.2 Å². The van der Waals surface area contributed by atoms with Crippen molar-refractivity contribution in [1.82, 2.24) is 10.2 Å². The van der Waals surface area contributed by atoms with Crippen molar-refractivity contribution >= 4 is 16.6 Å². The Morgan fingerprint density at radius 2 is 1.89 bits per heavy atom. The maximum absolute atomic E-state index is 5.79. The second-order valence-electron chi connectivity index (χ2n) is 4.84. The quantitative estimate of drug-likeness (QED) is 0.895. The van der Waals surface area contributed by atoms with Gasteiger partial charge in [0.05, 0.1) is 5.69 Å². The highest BCUT2D eigenvalue weighted by molar-refractivity contribution is 5.93. The van der Waals surface area contributed by atoms with Crippen molar-refractivity contribution in [2.75, 3.05) is 18.5 Å². The van der Waals surface area contributed by atoms with Gasteiger partial charge in [0.15, 0.2) is 5.82 Å². The molecular weight excluding hydrogens is 224 g/mol. The Hall–Kier alpha value is -1.68. The molecule has 96 valence electrons. The minimum atomic E-state index is 0.206. The van der Waals surface area contributed by atoms with Gasteiger partial charge in [-0.3, -0.25) is 0 Å². The van der Waals surface area contributed by atoms with Gasteiger partial charge in [-0.1, -0.05) is 24.3 Å². The molecule has 18 heavy (non-hydrogen) atoms. The molecule has 0 saturated carbocycles. The van der Waals surface area contributed by atoms with E-state index in [1.165, 1.54) is 0 Å². The highest BCUT2D eigenvalue weighted by atomic mass is 15.2. The molecule has 0 spiro atoms. The standard InChI is InChI=1S/C14H20N4/c1-10(15)8-9-18(3)14-13-7-5-4-6-12(13)11(2)16-17-14/h4-7,10H,8-9,15H2,1-3H3. The summed E-state index contributed by atoms with van der Waals surface area (Å²) in [7, 11) is 2.04. The van der Waals surface area contributed by atoms with Crippen molar-refractivity contribution in [3.8, 4) is 0 Å². The van der Waals surface area contributed by atoms with Gasteiger partial charge in [0.1, 0.15) is 0 Å². The van der Waals surface area contributed by atoms with Crippen molar-refractivity contribution in [3.63, 3.8) is 0 Å². The predicted molar refractivity (Wildman–Crippen MR) is 75.8 cm³/mol. The SMILES string of the molecule is Cc1nnc(N(C)CCC(C)N)c2ccccc12. The molecule has 1 aromatic carbocycles. The molecule has 0 saturated heterocycles. The van der Waals surface area contributed by atoms with Crippen LogP contribution < -0.4 is 10.6 Å². The summed E-state index contributed by atoms with van der Waals surface area (Å²) in [6.07, 6.45) is 0.945. The zero-order valence-electron chi connectivity index (χ0n) is 11.2. The van der Waals surface area contributed by atoms with E-state index in [0.717, 1.165) is 35.2 Å². The molecule has 2 N–H and O–H groups in total. The fraction of sp³-hybridized carbons (Fsp3) is 0.429. The summed E-state index contributed by atoms with van der Waals surface area (Å²) in [5.41, 5.74) is 6.76. The van der Waals surface area contributed by atoms with Crippen molar-refractivity contribution in [2.45, 2.75) is 26.3 Å². The number of nitrogens with zero attached hydrogens (tertiary/aromatic N) is 3. The molecule has 0 aliphatic heterocycles. The second-order valence-corrected chi connectivity index (χ2v) is 4.84. The molecule has 1 heterocycles. The van der Waals surface area contributed by atoms with Gasteiger partial charge < -0.3 is 10.6 Å². The van der Waals surface area contributed by atoms with E-state index in [4.69, 9.17) is 5.73 Å². The molecule has 0 aliphatic rings. The number of aromatic nitrogens is 2. The summed E-state index contributed by atoms with van der Waals surface area (Å²) < 4.78 is 0. The number of aryl methyl sites for hydroxylation is 1. The average Bonchev–Trinajstić information content (AvgIpc) is 2.37. The number of benzene rings is 1. The lowest BCUT2D eigenvalue weighted by atomic mass is 10.1. The molecule has 1 atom stereocenters. The first-order valence-electron chi connectivity index (χ1n) is 6.28. The third kappa shape index (κ3) is 2.59. The van der Waals surface area contributed by atoms with Crippen LogP contribution in [0.15, 0.2) is 24.3 Å². The van der Waals surface area contributed by atoms with Gasteiger partial charge in [0.2, 0.25) is 0 Å². The normalized spacial score (nSPS) is 12.7. The Bertz CT molecular complexity index is 536. The third-order valence-electron chi connectivity index (χ3n) is 3.13. The zero-order valence-corrected chi connectivity index (χ0v) is 11.2. The second kappa shape index (κ2) is 5.31. The third-order valence-corrected chi connectivity index (χ3v) is 3.13. The summed E-state index contributed by atoms with van der Waals surface area (Å²) in [6.45, 7) is 4.90. The van der Waals surface area contributed by atoms with Gasteiger partial charge >= 0.3 is 0 Å². The molecule has 4 nitrogen and oxygen atoms in total. The van der Waals surface area contributed by atoms with Crippen LogP contribution in [0, 0.1) is 6.92 Å². The van der Waals surface area contributed by atoms with E-state index in [-0.39, 0.29) is 6.04 Å². The Morgan fingerprint density at radius 1 is 1.22 bits per heavy atom. The molecule has 0 bridgehead atoms. The van der Waals surface area contributed by atoms with Crippen molar-refractivity contribution in [1.29, 1.82) is 0 Å². The van der Waals surface area contributed by atoms with Crippen LogP contribution in [0.5, 0.6) is 0 Å². The Kier molecular flexibility index (Phi) is 3.77. The highest BCUT2D eigenvalue weighted by Gasteiger charge is 2.10. The molecule has 1 aromatic heterocycles. The number of hydrogen-bond acceptors (Lipinski definition) is 4. The van der Waals surface area contributed by atoms with Gasteiger partial charge in [0, 0.05) is 30.4 Å². The highest BCUT2D eigenvalue weighted by Crippen LogP contribution is 2.24. The smallest absolute Gasteiger partial charge is 0.158 e. The molecule has 0 aliphatic carbocycles. The molecule has 4 heteroatoms. The van der Waals surface area contributed by atoms with E-state index in [9.17, 15) is 0 Å². The fourth-order valence-electron chi connectivity index (χ4n) is 2.01. The molecule has 1 unspecified atom stereocenters. The van der Waals surface area contributed by atoms with Crippen molar-refractivity contribution < 1.29 is 0 Å². The summed E-state index contributed by atoms with van der Waals surface area (Å²) in [4.78, 5) is 2.12. The lowest BCUT2D eigenvalue weighted by Crippen LogP contribution is -2.26. The van der Waals surface area contributed by atoms with Crippen molar-refractivity contribution in [2.24, 2.45) is 5.73 Å². The Morgan fingerprint density at radius 3 is 2.56 bits per heavy atom. The Balaban J connectivity index is 2.36. The molecule has 2 rings (SSSR count). The molecular formula is C14H20N4. The van der Waals surface area contributed by atoms with Crippen LogP contribution in [-0.4, -0.2) is 29.8 Å². The van der Waals surface area contributed by atoms with Crippen LogP contribution >= 0.6 is 0 Å². The number of nitrogens with two attached hydrogens (primary N) is 1. The van der Waals surface area contributed by atoms with E-state index in [1.807, 2.05) is 33.0 Å². The van der Waals surface area contributed by atoms with Crippen LogP contribution in [-0.2, 0) is 0 Å². The summed E-state index contributed by atoms with van der Waals surface area (Å²) in [5, 5.41) is 10.9. The van der Waals surface area contributed by atoms with Gasteiger partial charge in [-0.15, -0.1) is 5.10 Å². The largest absolute Gasteiger partial charge is 0.358 e. The van der Waals surface area contributed by atoms with E-state index < -0.39 is 0 Å². The number of anilines is 1. The minimum absolute atomic E-state index is 0.206. The van der Waals surface area contributed by atoms with Crippen LogP contribution in [0.2, 0.25) is 0 Å². The molecule has 2 aromatic rings. The van der Waals surface area contributed by atoms with Gasteiger partial charge in [-0.2, -0.15) is 5.10 Å². The monoisotopic (exact) mass is 244 g/mol. The average molecular weight is 244 g/mol. The van der Waals surface area contributed by atoms with Crippen LogP contribution in [0.4, 0.5) is 5.82 Å². The summed E-state index contributed by atoms with van der Waals surface area (Å²) in [5.74, 6) is 0.928. The number of fused-ring (bicyclic) bond motifs is 1. The molecule has 0 radical (unpaired) electrons. The molecule has 0 amide bonds. The summed E-state index contributed by atoms with van der Waals surface area (Å²) in [6, 6.07) is 8.45. The number of hydrogen-bond donors (Lipinski definition) is 1. The topological polar surface area (TPSA) is 55.0 Å². The Labute approximate surface area is 108 Å². The zero-order chi connectivity index (χ0) is 13.1. The van der Waals surface area contributed by atoms with E-state index in [1.54, 1.807) is 0 Å². The van der Waals surface area contributed by atoms with Gasteiger partial charge in [0.25, 0.3) is 0 Å². The minimum Gasteiger partial charge on any atom is -0.358 e. The van der Waals surface area contributed by atoms with Crippen LogP contribution in [0.25, 0.3) is 10.8 Å². The lowest BCUT2D eigenvalue weighted by molar-refractivity contribution is 0.655. The van der Waals surface area contributed by atoms with Gasteiger partial charge in [-0.05, 0) is 20.3 Å². The molecule has 0 fully saturated rings. The lowest BCUT2D eigenvalue weighted by Gasteiger charge is -2.20. The number of rotatable bonds is 4. The first-order chi connectivity index (χ1) is 8.59. The van der Waals surface area contributed by atoms with Crippen molar-refractivity contribution in [3.05, 3.63) is 30.0 Å². The first kappa shape index (κ1) is 12.8. The maximum Gasteiger partial charge on any atom is 0.158 e. The summed E-state index contributed by atoms with van der Waals surface area (Å²) >= 11 is 0. The predicted octanol–water partition coefficient (Wildman–Crippen LogP) is 2.11.